The summed E-state index contributed by atoms with van der Waals surface area (Å²) in [5.41, 5.74) is 3.32. The number of carbonyl (C=O) groups is 1. The molecule has 31 heavy (non-hydrogen) atoms. The molecule has 1 saturated heterocycles. The minimum absolute atomic E-state index is 0.0248. The van der Waals surface area contributed by atoms with Gasteiger partial charge in [0.15, 0.2) is 0 Å². The third-order valence-electron chi connectivity index (χ3n) is 5.47. The van der Waals surface area contributed by atoms with E-state index in [0.717, 1.165) is 36.0 Å². The second kappa shape index (κ2) is 8.60. The molecule has 0 saturated carbocycles. The monoisotopic (exact) mass is 440 g/mol. The molecule has 162 valence electrons. The number of hydrogen-bond donors (Lipinski definition) is 1. The lowest BCUT2D eigenvalue weighted by Gasteiger charge is -2.25. The molecule has 1 aliphatic heterocycles. The van der Waals surface area contributed by atoms with Gasteiger partial charge in [0.05, 0.1) is 4.90 Å². The summed E-state index contributed by atoms with van der Waals surface area (Å²) in [4.78, 5) is 12.7. The fraction of sp³-hybridized carbons (Fsp3) is 0.318. The Hall–Kier alpha value is -3.04. The number of nitrogens with zero attached hydrogens (tertiary/aromatic N) is 3. The Morgan fingerprint density at radius 2 is 1.68 bits per heavy atom. The van der Waals surface area contributed by atoms with E-state index in [2.05, 4.69) is 15.5 Å². The first-order chi connectivity index (χ1) is 14.8. The highest BCUT2D eigenvalue weighted by Gasteiger charge is 2.26. The van der Waals surface area contributed by atoms with E-state index in [4.69, 9.17) is 4.42 Å². The highest BCUT2D eigenvalue weighted by atomic mass is 32.2. The number of aryl methyl sites for hydroxylation is 2. The van der Waals surface area contributed by atoms with E-state index in [-0.39, 0.29) is 10.9 Å². The van der Waals surface area contributed by atoms with Crippen molar-refractivity contribution >= 4 is 21.9 Å². The summed E-state index contributed by atoms with van der Waals surface area (Å²) >= 11 is 0. The van der Waals surface area contributed by atoms with Crippen molar-refractivity contribution in [2.75, 3.05) is 18.4 Å². The van der Waals surface area contributed by atoms with Crippen LogP contribution in [0, 0.1) is 13.8 Å². The number of amides is 1. The van der Waals surface area contributed by atoms with E-state index in [0.29, 0.717) is 24.5 Å². The number of sulfonamides is 1. The number of piperidine rings is 1. The van der Waals surface area contributed by atoms with Crippen LogP contribution < -0.4 is 5.32 Å². The molecule has 8 nitrogen and oxygen atoms in total. The number of benzene rings is 2. The van der Waals surface area contributed by atoms with Crippen LogP contribution in [-0.4, -0.2) is 41.9 Å². The van der Waals surface area contributed by atoms with Crippen molar-refractivity contribution in [3.05, 3.63) is 59.2 Å². The van der Waals surface area contributed by atoms with Gasteiger partial charge in [-0.1, -0.05) is 17.6 Å². The molecule has 0 atom stereocenters. The number of nitrogens with one attached hydrogen (secondary N) is 1. The lowest BCUT2D eigenvalue weighted by molar-refractivity contribution is 0.102. The van der Waals surface area contributed by atoms with Gasteiger partial charge >= 0.3 is 6.01 Å². The Kier molecular flexibility index (Phi) is 5.88. The molecule has 0 radical (unpaired) electrons. The number of anilines is 1. The minimum Gasteiger partial charge on any atom is -0.403 e. The molecule has 0 unspecified atom stereocenters. The van der Waals surface area contributed by atoms with Gasteiger partial charge in [-0.15, -0.1) is 5.10 Å². The first-order valence-electron chi connectivity index (χ1n) is 10.2. The minimum atomic E-state index is -3.54. The topological polar surface area (TPSA) is 105 Å². The summed E-state index contributed by atoms with van der Waals surface area (Å²) < 4.78 is 32.5. The quantitative estimate of drug-likeness (QED) is 0.647. The van der Waals surface area contributed by atoms with Crippen LogP contribution in [0.3, 0.4) is 0 Å². The highest BCUT2D eigenvalue weighted by Crippen LogP contribution is 2.23. The number of aromatic nitrogens is 2. The summed E-state index contributed by atoms with van der Waals surface area (Å²) in [6, 6.07) is 11.6. The van der Waals surface area contributed by atoms with E-state index in [1.54, 1.807) is 0 Å². The van der Waals surface area contributed by atoms with Gasteiger partial charge in [-0.2, -0.15) is 4.31 Å². The molecule has 1 fully saturated rings. The first-order valence-corrected chi connectivity index (χ1v) is 11.6. The van der Waals surface area contributed by atoms with Crippen LogP contribution in [0.15, 0.2) is 51.8 Å². The van der Waals surface area contributed by atoms with Crippen LogP contribution >= 0.6 is 0 Å². The summed E-state index contributed by atoms with van der Waals surface area (Å²) in [6.45, 7) is 5.07. The van der Waals surface area contributed by atoms with Crippen molar-refractivity contribution in [3.8, 4) is 11.5 Å². The summed E-state index contributed by atoms with van der Waals surface area (Å²) in [6.07, 6.45) is 2.79. The molecule has 1 aromatic heterocycles. The zero-order chi connectivity index (χ0) is 22.0. The molecule has 1 N–H and O–H groups in total. The molecule has 1 aliphatic rings. The second-order valence-corrected chi connectivity index (χ2v) is 9.59. The van der Waals surface area contributed by atoms with E-state index in [1.807, 2.05) is 32.0 Å². The average Bonchev–Trinajstić information content (AvgIpc) is 3.25. The fourth-order valence-corrected chi connectivity index (χ4v) is 4.98. The van der Waals surface area contributed by atoms with Crippen LogP contribution in [0.2, 0.25) is 0 Å². The molecule has 4 rings (SSSR count). The molecule has 3 aromatic rings. The van der Waals surface area contributed by atoms with Gasteiger partial charge in [-0.05, 0) is 74.2 Å². The first kappa shape index (κ1) is 21.2. The fourth-order valence-electron chi connectivity index (χ4n) is 3.47. The van der Waals surface area contributed by atoms with Crippen LogP contribution in [0.25, 0.3) is 11.5 Å². The van der Waals surface area contributed by atoms with Gasteiger partial charge in [0, 0.05) is 24.2 Å². The van der Waals surface area contributed by atoms with E-state index in [9.17, 15) is 13.2 Å². The SMILES string of the molecule is Cc1ccc(-c2nnc(NC(=O)c3ccc(S(=O)(=O)N4CCCCC4)cc3)o2)cc1C. The highest BCUT2D eigenvalue weighted by molar-refractivity contribution is 7.89. The lowest BCUT2D eigenvalue weighted by atomic mass is 10.1. The van der Waals surface area contributed by atoms with Crippen LogP contribution in [-0.2, 0) is 10.0 Å². The molecular formula is C22H24N4O4S. The summed E-state index contributed by atoms with van der Waals surface area (Å²) in [5.74, 6) is -0.154. The average molecular weight is 441 g/mol. The lowest BCUT2D eigenvalue weighted by Crippen LogP contribution is -2.35. The van der Waals surface area contributed by atoms with Crippen molar-refractivity contribution in [1.29, 1.82) is 0 Å². The number of hydrogen-bond acceptors (Lipinski definition) is 6. The Bertz CT molecular complexity index is 1200. The second-order valence-electron chi connectivity index (χ2n) is 7.65. The predicted octanol–water partition coefficient (Wildman–Crippen LogP) is 3.78. The molecule has 1 amide bonds. The molecule has 2 heterocycles. The maximum absolute atomic E-state index is 12.7. The van der Waals surface area contributed by atoms with Gasteiger partial charge in [0.1, 0.15) is 0 Å². The van der Waals surface area contributed by atoms with E-state index < -0.39 is 15.9 Å². The van der Waals surface area contributed by atoms with Gasteiger partial charge in [-0.3, -0.25) is 10.1 Å². The number of carbonyl (C=O) groups excluding carboxylic acids is 1. The molecule has 0 spiro atoms. The summed E-state index contributed by atoms with van der Waals surface area (Å²) in [5, 5.41) is 10.4. The maximum atomic E-state index is 12.7. The van der Waals surface area contributed by atoms with Crippen molar-refractivity contribution in [2.45, 2.75) is 38.0 Å². The standard InChI is InChI=1S/C22H24N4O4S/c1-15-6-7-18(14-16(15)2)21-24-25-22(30-21)23-20(27)17-8-10-19(11-9-17)31(28,29)26-12-4-3-5-13-26/h6-11,14H,3-5,12-13H2,1-2H3,(H,23,25,27). The number of rotatable bonds is 5. The van der Waals surface area contributed by atoms with Gasteiger partial charge in [0.2, 0.25) is 15.9 Å². The third-order valence-corrected chi connectivity index (χ3v) is 7.38. The Balaban J connectivity index is 1.45. The van der Waals surface area contributed by atoms with E-state index >= 15 is 0 Å². The zero-order valence-corrected chi connectivity index (χ0v) is 18.3. The Morgan fingerprint density at radius 3 is 2.35 bits per heavy atom. The molecule has 0 aliphatic carbocycles. The van der Waals surface area contributed by atoms with E-state index in [1.165, 1.54) is 28.6 Å². The van der Waals surface area contributed by atoms with Gasteiger partial charge < -0.3 is 4.42 Å². The maximum Gasteiger partial charge on any atom is 0.322 e. The normalized spacial score (nSPS) is 15.0. The zero-order valence-electron chi connectivity index (χ0n) is 17.5. The largest absolute Gasteiger partial charge is 0.403 e. The smallest absolute Gasteiger partial charge is 0.322 e. The molecular weight excluding hydrogens is 416 g/mol. The molecule has 0 bridgehead atoms. The van der Waals surface area contributed by atoms with Crippen LogP contribution in [0.5, 0.6) is 0 Å². The van der Waals surface area contributed by atoms with Crippen molar-refractivity contribution in [2.24, 2.45) is 0 Å². The van der Waals surface area contributed by atoms with Crippen molar-refractivity contribution in [1.82, 2.24) is 14.5 Å². The predicted molar refractivity (Wildman–Crippen MR) is 116 cm³/mol. The van der Waals surface area contributed by atoms with Gasteiger partial charge in [-0.25, -0.2) is 8.42 Å². The Morgan fingerprint density at radius 1 is 0.968 bits per heavy atom. The molecule has 9 heteroatoms. The third kappa shape index (κ3) is 4.52. The van der Waals surface area contributed by atoms with Crippen LogP contribution in [0.4, 0.5) is 6.01 Å². The van der Waals surface area contributed by atoms with Crippen molar-refractivity contribution < 1.29 is 17.6 Å². The van der Waals surface area contributed by atoms with Gasteiger partial charge in [0.25, 0.3) is 5.91 Å². The molecule has 2 aromatic carbocycles. The Labute approximate surface area is 181 Å². The van der Waals surface area contributed by atoms with Crippen LogP contribution in [0.1, 0.15) is 40.7 Å². The summed E-state index contributed by atoms with van der Waals surface area (Å²) in [7, 11) is -3.54. The van der Waals surface area contributed by atoms with Crippen molar-refractivity contribution in [3.63, 3.8) is 0 Å².